The number of aryl methyl sites for hydroxylation is 2. The molecule has 16 heavy (non-hydrogen) atoms. The molecular formula is C15H13O. The second-order valence-corrected chi connectivity index (χ2v) is 4.13. The molecule has 1 aliphatic rings. The van der Waals surface area contributed by atoms with Crippen LogP contribution in [-0.4, -0.2) is 0 Å². The molecule has 1 aliphatic carbocycles. The average molecular weight is 209 g/mol. The Morgan fingerprint density at radius 3 is 2.81 bits per heavy atom. The van der Waals surface area contributed by atoms with E-state index in [2.05, 4.69) is 24.3 Å². The van der Waals surface area contributed by atoms with Gasteiger partial charge in [-0.1, -0.05) is 18.2 Å². The Morgan fingerprint density at radius 2 is 1.94 bits per heavy atom. The molecule has 0 N–H and O–H groups in total. The molecule has 2 aromatic carbocycles. The summed E-state index contributed by atoms with van der Waals surface area (Å²) in [5, 5.41) is 0. The van der Waals surface area contributed by atoms with Crippen LogP contribution in [-0.2, 0) is 12.8 Å². The van der Waals surface area contributed by atoms with Crippen molar-refractivity contribution in [2.24, 2.45) is 0 Å². The van der Waals surface area contributed by atoms with E-state index in [0.29, 0.717) is 0 Å². The number of benzene rings is 2. The third kappa shape index (κ3) is 1.81. The van der Waals surface area contributed by atoms with Crippen molar-refractivity contribution < 1.29 is 4.74 Å². The summed E-state index contributed by atoms with van der Waals surface area (Å²) in [7, 11) is 0. The van der Waals surface area contributed by atoms with Gasteiger partial charge in [0.05, 0.1) is 0 Å². The van der Waals surface area contributed by atoms with E-state index in [1.54, 1.807) is 0 Å². The van der Waals surface area contributed by atoms with Gasteiger partial charge < -0.3 is 4.74 Å². The molecule has 0 heterocycles. The van der Waals surface area contributed by atoms with Crippen LogP contribution in [0.3, 0.4) is 0 Å². The molecule has 1 radical (unpaired) electrons. The van der Waals surface area contributed by atoms with Crippen LogP contribution in [0.1, 0.15) is 17.5 Å². The van der Waals surface area contributed by atoms with Gasteiger partial charge in [-0.25, -0.2) is 0 Å². The maximum Gasteiger partial charge on any atom is 0.128 e. The van der Waals surface area contributed by atoms with Crippen molar-refractivity contribution >= 4 is 0 Å². The van der Waals surface area contributed by atoms with Crippen molar-refractivity contribution in [1.82, 2.24) is 0 Å². The fourth-order valence-electron chi connectivity index (χ4n) is 2.19. The zero-order chi connectivity index (χ0) is 10.8. The number of ether oxygens (including phenoxy) is 1. The molecule has 0 saturated heterocycles. The normalized spacial score (nSPS) is 13.5. The molecule has 3 rings (SSSR count). The van der Waals surface area contributed by atoms with Gasteiger partial charge in [0.15, 0.2) is 0 Å². The highest BCUT2D eigenvalue weighted by atomic mass is 16.5. The van der Waals surface area contributed by atoms with E-state index in [1.165, 1.54) is 30.4 Å². The molecule has 0 fully saturated rings. The first-order valence-electron chi connectivity index (χ1n) is 5.67. The van der Waals surface area contributed by atoms with Gasteiger partial charge in [0.25, 0.3) is 0 Å². The van der Waals surface area contributed by atoms with Crippen molar-refractivity contribution in [3.8, 4) is 11.5 Å². The molecule has 0 bridgehead atoms. The van der Waals surface area contributed by atoms with Crippen molar-refractivity contribution in [1.29, 1.82) is 0 Å². The highest BCUT2D eigenvalue weighted by molar-refractivity contribution is 5.40. The Balaban J connectivity index is 1.86. The van der Waals surface area contributed by atoms with E-state index in [1.807, 2.05) is 24.3 Å². The Labute approximate surface area is 95.7 Å². The quantitative estimate of drug-likeness (QED) is 0.731. The van der Waals surface area contributed by atoms with Crippen LogP contribution in [0.25, 0.3) is 0 Å². The van der Waals surface area contributed by atoms with Gasteiger partial charge in [0.2, 0.25) is 0 Å². The molecule has 0 spiro atoms. The van der Waals surface area contributed by atoms with Crippen molar-refractivity contribution in [3.63, 3.8) is 0 Å². The minimum Gasteiger partial charge on any atom is -0.457 e. The summed E-state index contributed by atoms with van der Waals surface area (Å²) in [6, 6.07) is 17.0. The van der Waals surface area contributed by atoms with Crippen LogP contribution in [0.2, 0.25) is 0 Å². The van der Waals surface area contributed by atoms with E-state index in [4.69, 9.17) is 4.74 Å². The van der Waals surface area contributed by atoms with E-state index < -0.39 is 0 Å². The van der Waals surface area contributed by atoms with Gasteiger partial charge in [-0.3, -0.25) is 0 Å². The lowest BCUT2D eigenvalue weighted by Gasteiger charge is -2.07. The lowest BCUT2D eigenvalue weighted by Crippen LogP contribution is -1.87. The summed E-state index contributed by atoms with van der Waals surface area (Å²) in [4.78, 5) is 0. The highest BCUT2D eigenvalue weighted by Gasteiger charge is 2.11. The van der Waals surface area contributed by atoms with Crippen LogP contribution < -0.4 is 4.74 Å². The van der Waals surface area contributed by atoms with Crippen molar-refractivity contribution in [3.05, 3.63) is 59.7 Å². The molecule has 0 saturated carbocycles. The zero-order valence-corrected chi connectivity index (χ0v) is 9.07. The zero-order valence-electron chi connectivity index (χ0n) is 9.07. The molecule has 0 aliphatic heterocycles. The molecule has 2 aromatic rings. The molecule has 0 unspecified atom stereocenters. The van der Waals surface area contributed by atoms with E-state index in [-0.39, 0.29) is 0 Å². The number of rotatable bonds is 2. The van der Waals surface area contributed by atoms with E-state index in [9.17, 15) is 0 Å². The largest absolute Gasteiger partial charge is 0.457 e. The smallest absolute Gasteiger partial charge is 0.128 e. The van der Waals surface area contributed by atoms with Crippen LogP contribution in [0.4, 0.5) is 0 Å². The second kappa shape index (κ2) is 4.01. The Kier molecular flexibility index (Phi) is 2.37. The molecule has 0 aromatic heterocycles. The molecule has 1 heteroatoms. The van der Waals surface area contributed by atoms with Crippen molar-refractivity contribution in [2.75, 3.05) is 0 Å². The molecular weight excluding hydrogens is 196 g/mol. The van der Waals surface area contributed by atoms with Gasteiger partial charge >= 0.3 is 0 Å². The average Bonchev–Trinajstić information content (AvgIpc) is 2.77. The first kappa shape index (κ1) is 9.46. The first-order valence-corrected chi connectivity index (χ1v) is 5.67. The SMILES string of the molecule is [c]1cccc(Oc2ccc3c(c2)CCC3)c1. The maximum atomic E-state index is 5.77. The monoisotopic (exact) mass is 209 g/mol. The Hall–Kier alpha value is -1.76. The third-order valence-corrected chi connectivity index (χ3v) is 2.98. The first-order chi connectivity index (χ1) is 7.92. The summed E-state index contributed by atoms with van der Waals surface area (Å²) in [5.74, 6) is 1.78. The van der Waals surface area contributed by atoms with Crippen LogP contribution >= 0.6 is 0 Å². The lowest BCUT2D eigenvalue weighted by atomic mass is 10.1. The minimum absolute atomic E-state index is 0.848. The summed E-state index contributed by atoms with van der Waals surface area (Å²) in [6.45, 7) is 0. The topological polar surface area (TPSA) is 9.23 Å². The molecule has 1 nitrogen and oxygen atoms in total. The van der Waals surface area contributed by atoms with Gasteiger partial charge in [-0.05, 0) is 60.7 Å². The van der Waals surface area contributed by atoms with E-state index >= 15 is 0 Å². The lowest BCUT2D eigenvalue weighted by molar-refractivity contribution is 0.482. The number of fused-ring (bicyclic) bond motifs is 1. The summed E-state index contributed by atoms with van der Waals surface area (Å²) in [5.41, 5.74) is 2.92. The fourth-order valence-corrected chi connectivity index (χ4v) is 2.19. The highest BCUT2D eigenvalue weighted by Crippen LogP contribution is 2.28. The standard InChI is InChI=1S/C15H13O/c1-2-7-14(8-3-1)16-15-10-9-12-5-4-6-13(12)11-15/h1-2,7-11H,4-6H2. The second-order valence-electron chi connectivity index (χ2n) is 4.13. The summed E-state index contributed by atoms with van der Waals surface area (Å²) >= 11 is 0. The van der Waals surface area contributed by atoms with Crippen LogP contribution in [0, 0.1) is 6.07 Å². The van der Waals surface area contributed by atoms with Crippen LogP contribution in [0.5, 0.6) is 11.5 Å². The van der Waals surface area contributed by atoms with Crippen molar-refractivity contribution in [2.45, 2.75) is 19.3 Å². The third-order valence-electron chi connectivity index (χ3n) is 2.98. The van der Waals surface area contributed by atoms with Crippen LogP contribution in [0.15, 0.2) is 42.5 Å². The Bertz CT molecular complexity index is 488. The number of hydrogen-bond acceptors (Lipinski definition) is 1. The van der Waals surface area contributed by atoms with Gasteiger partial charge in [0, 0.05) is 0 Å². The van der Waals surface area contributed by atoms with Gasteiger partial charge in [-0.15, -0.1) is 0 Å². The van der Waals surface area contributed by atoms with E-state index in [0.717, 1.165) is 11.5 Å². The van der Waals surface area contributed by atoms with Gasteiger partial charge in [-0.2, -0.15) is 0 Å². The fraction of sp³-hybridized carbons (Fsp3) is 0.200. The summed E-state index contributed by atoms with van der Waals surface area (Å²) < 4.78 is 5.77. The Morgan fingerprint density at radius 1 is 1.00 bits per heavy atom. The maximum absolute atomic E-state index is 5.77. The summed E-state index contributed by atoms with van der Waals surface area (Å²) in [6.07, 6.45) is 3.68. The minimum atomic E-state index is 0.848. The predicted octanol–water partition coefficient (Wildman–Crippen LogP) is 3.77. The molecule has 0 amide bonds. The van der Waals surface area contributed by atoms with Gasteiger partial charge in [0.1, 0.15) is 11.5 Å². The molecule has 79 valence electrons. The number of hydrogen-bond donors (Lipinski definition) is 0. The molecule has 0 atom stereocenters. The predicted molar refractivity (Wildman–Crippen MR) is 63.8 cm³/mol.